The Kier molecular flexibility index (Phi) is 1.69. The van der Waals surface area contributed by atoms with E-state index in [0.29, 0.717) is 6.54 Å². The van der Waals surface area contributed by atoms with Gasteiger partial charge in [0.2, 0.25) is 5.92 Å². The van der Waals surface area contributed by atoms with Gasteiger partial charge in [-0.3, -0.25) is 0 Å². The number of halogens is 2. The minimum Gasteiger partial charge on any atom is -0.330 e. The maximum Gasteiger partial charge on any atom is 0.248 e. The van der Waals surface area contributed by atoms with Gasteiger partial charge in [0.25, 0.3) is 0 Å². The van der Waals surface area contributed by atoms with Crippen molar-refractivity contribution in [2.24, 2.45) is 17.1 Å². The Labute approximate surface area is 71.3 Å². The van der Waals surface area contributed by atoms with E-state index in [9.17, 15) is 8.78 Å². The summed E-state index contributed by atoms with van der Waals surface area (Å²) in [6.07, 6.45) is 3.47. The molecular formula is C9H15F2N. The first kappa shape index (κ1) is 8.42. The molecule has 0 aromatic heterocycles. The summed E-state index contributed by atoms with van der Waals surface area (Å²) in [4.78, 5) is 0. The van der Waals surface area contributed by atoms with Crippen LogP contribution < -0.4 is 5.73 Å². The van der Waals surface area contributed by atoms with Gasteiger partial charge in [0.05, 0.1) is 0 Å². The molecule has 70 valence electrons. The minimum atomic E-state index is -2.35. The minimum absolute atomic E-state index is 0.106. The maximum absolute atomic E-state index is 12.5. The largest absolute Gasteiger partial charge is 0.330 e. The van der Waals surface area contributed by atoms with Gasteiger partial charge in [-0.05, 0) is 37.1 Å². The van der Waals surface area contributed by atoms with E-state index >= 15 is 0 Å². The van der Waals surface area contributed by atoms with Crippen molar-refractivity contribution in [3.05, 3.63) is 0 Å². The Bertz CT molecular complexity index is 179. The lowest BCUT2D eigenvalue weighted by molar-refractivity contribution is -0.116. The fraction of sp³-hybridized carbons (Fsp3) is 1.00. The first-order valence-electron chi connectivity index (χ1n) is 4.63. The Balaban J connectivity index is 1.76. The first-order chi connectivity index (χ1) is 5.55. The fourth-order valence-electron chi connectivity index (χ4n) is 2.21. The Hall–Kier alpha value is -0.180. The van der Waals surface area contributed by atoms with E-state index in [-0.39, 0.29) is 24.2 Å². The molecule has 1 nitrogen and oxygen atoms in total. The Morgan fingerprint density at radius 1 is 1.25 bits per heavy atom. The van der Waals surface area contributed by atoms with Gasteiger partial charge in [-0.15, -0.1) is 0 Å². The summed E-state index contributed by atoms with van der Waals surface area (Å²) < 4.78 is 24.9. The molecule has 0 saturated heterocycles. The second-order valence-electron chi connectivity index (χ2n) is 4.54. The number of hydrogen-bond donors (Lipinski definition) is 1. The van der Waals surface area contributed by atoms with Crippen LogP contribution in [0.3, 0.4) is 0 Å². The summed E-state index contributed by atoms with van der Waals surface area (Å²) in [6, 6.07) is 0. The fourth-order valence-corrected chi connectivity index (χ4v) is 2.21. The molecule has 0 aromatic rings. The molecule has 2 N–H and O–H groups in total. The molecule has 2 aliphatic carbocycles. The van der Waals surface area contributed by atoms with Gasteiger partial charge in [0, 0.05) is 12.8 Å². The third-order valence-corrected chi connectivity index (χ3v) is 3.29. The quantitative estimate of drug-likeness (QED) is 0.698. The standard InChI is InChI=1S/C9H15F2N/c10-9(11)4-7(5-9)3-8(6-12)1-2-8/h7H,1-6,12H2. The maximum atomic E-state index is 12.5. The predicted octanol–water partition coefficient (Wildman–Crippen LogP) is 2.16. The molecule has 0 spiro atoms. The Morgan fingerprint density at radius 3 is 2.17 bits per heavy atom. The average Bonchev–Trinajstić information content (AvgIpc) is 2.66. The highest BCUT2D eigenvalue weighted by Gasteiger charge is 2.51. The van der Waals surface area contributed by atoms with Crippen LogP contribution in [-0.2, 0) is 0 Å². The van der Waals surface area contributed by atoms with Gasteiger partial charge in [0.1, 0.15) is 0 Å². The summed E-state index contributed by atoms with van der Waals surface area (Å²) in [7, 11) is 0. The summed E-state index contributed by atoms with van der Waals surface area (Å²) in [5.74, 6) is -2.10. The highest BCUT2D eigenvalue weighted by Crippen LogP contribution is 2.55. The lowest BCUT2D eigenvalue weighted by Gasteiger charge is -2.37. The number of nitrogens with two attached hydrogens (primary N) is 1. The summed E-state index contributed by atoms with van der Waals surface area (Å²) in [5.41, 5.74) is 5.85. The van der Waals surface area contributed by atoms with Gasteiger partial charge in [-0.25, -0.2) is 8.78 Å². The number of alkyl halides is 2. The molecule has 2 fully saturated rings. The second kappa shape index (κ2) is 2.41. The van der Waals surface area contributed by atoms with E-state index in [4.69, 9.17) is 5.73 Å². The van der Waals surface area contributed by atoms with E-state index < -0.39 is 5.92 Å². The number of rotatable bonds is 3. The monoisotopic (exact) mass is 175 g/mol. The van der Waals surface area contributed by atoms with Gasteiger partial charge < -0.3 is 5.73 Å². The molecular weight excluding hydrogens is 160 g/mol. The van der Waals surface area contributed by atoms with Gasteiger partial charge in [0.15, 0.2) is 0 Å². The van der Waals surface area contributed by atoms with Crippen molar-refractivity contribution in [3.63, 3.8) is 0 Å². The van der Waals surface area contributed by atoms with Crippen molar-refractivity contribution in [3.8, 4) is 0 Å². The molecule has 0 unspecified atom stereocenters. The molecule has 3 heteroatoms. The zero-order chi connectivity index (χ0) is 8.82. The zero-order valence-corrected chi connectivity index (χ0v) is 7.15. The third kappa shape index (κ3) is 1.47. The summed E-state index contributed by atoms with van der Waals surface area (Å²) in [6.45, 7) is 0.690. The van der Waals surface area contributed by atoms with Crippen molar-refractivity contribution in [1.29, 1.82) is 0 Å². The topological polar surface area (TPSA) is 26.0 Å². The normalized spacial score (nSPS) is 31.2. The predicted molar refractivity (Wildman–Crippen MR) is 43.0 cm³/mol. The highest BCUT2D eigenvalue weighted by atomic mass is 19.3. The molecule has 0 bridgehead atoms. The van der Waals surface area contributed by atoms with Crippen molar-refractivity contribution in [2.45, 2.75) is 38.0 Å². The van der Waals surface area contributed by atoms with E-state index in [0.717, 1.165) is 19.3 Å². The van der Waals surface area contributed by atoms with Crippen molar-refractivity contribution in [2.75, 3.05) is 6.54 Å². The van der Waals surface area contributed by atoms with Gasteiger partial charge in [-0.2, -0.15) is 0 Å². The van der Waals surface area contributed by atoms with Gasteiger partial charge in [-0.1, -0.05) is 0 Å². The van der Waals surface area contributed by atoms with E-state index in [2.05, 4.69) is 0 Å². The van der Waals surface area contributed by atoms with Crippen LogP contribution in [0, 0.1) is 11.3 Å². The van der Waals surface area contributed by atoms with E-state index in [1.54, 1.807) is 0 Å². The molecule has 2 rings (SSSR count). The van der Waals surface area contributed by atoms with Crippen molar-refractivity contribution in [1.82, 2.24) is 0 Å². The van der Waals surface area contributed by atoms with Crippen molar-refractivity contribution < 1.29 is 8.78 Å². The summed E-state index contributed by atoms with van der Waals surface area (Å²) >= 11 is 0. The van der Waals surface area contributed by atoms with E-state index in [1.807, 2.05) is 0 Å². The summed E-state index contributed by atoms with van der Waals surface area (Å²) in [5, 5.41) is 0. The van der Waals surface area contributed by atoms with Crippen LogP contribution in [0.1, 0.15) is 32.1 Å². The van der Waals surface area contributed by atoms with Gasteiger partial charge >= 0.3 is 0 Å². The first-order valence-corrected chi connectivity index (χ1v) is 4.63. The van der Waals surface area contributed by atoms with E-state index in [1.165, 1.54) is 0 Å². The molecule has 0 atom stereocenters. The molecule has 0 aromatic carbocycles. The highest BCUT2D eigenvalue weighted by molar-refractivity contribution is 4.99. The molecule has 2 aliphatic rings. The SMILES string of the molecule is NCC1(CC2CC(F)(F)C2)CC1. The lowest BCUT2D eigenvalue weighted by atomic mass is 9.75. The zero-order valence-electron chi connectivity index (χ0n) is 7.15. The van der Waals surface area contributed by atoms with Crippen LogP contribution in [0.15, 0.2) is 0 Å². The molecule has 0 amide bonds. The lowest BCUT2D eigenvalue weighted by Crippen LogP contribution is -2.37. The smallest absolute Gasteiger partial charge is 0.248 e. The molecule has 2 saturated carbocycles. The molecule has 0 radical (unpaired) electrons. The number of hydrogen-bond acceptors (Lipinski definition) is 1. The second-order valence-corrected chi connectivity index (χ2v) is 4.54. The van der Waals surface area contributed by atoms with Crippen LogP contribution in [0.4, 0.5) is 8.78 Å². The van der Waals surface area contributed by atoms with Crippen LogP contribution >= 0.6 is 0 Å². The van der Waals surface area contributed by atoms with Crippen molar-refractivity contribution >= 4 is 0 Å². The third-order valence-electron chi connectivity index (χ3n) is 3.29. The average molecular weight is 175 g/mol. The Morgan fingerprint density at radius 2 is 1.83 bits per heavy atom. The molecule has 0 heterocycles. The van der Waals surface area contributed by atoms with Crippen LogP contribution in [-0.4, -0.2) is 12.5 Å². The van der Waals surface area contributed by atoms with Crippen LogP contribution in [0.5, 0.6) is 0 Å². The molecule has 0 aliphatic heterocycles. The molecule has 12 heavy (non-hydrogen) atoms. The van der Waals surface area contributed by atoms with Crippen LogP contribution in [0.25, 0.3) is 0 Å². The van der Waals surface area contributed by atoms with Crippen LogP contribution in [0.2, 0.25) is 0 Å².